The SMILES string of the molecule is CC(=O)Nc1ccc(NC(=O)/C=C/c2ccc(Cl)c(Cl)c2)c(Cl)c1. The van der Waals surface area contributed by atoms with Gasteiger partial charge in [0.25, 0.3) is 0 Å². The number of halogens is 3. The number of amides is 2. The molecule has 0 saturated heterocycles. The van der Waals surface area contributed by atoms with E-state index in [1.165, 1.54) is 13.0 Å². The van der Waals surface area contributed by atoms with Crippen molar-refractivity contribution in [1.29, 1.82) is 0 Å². The lowest BCUT2D eigenvalue weighted by atomic mass is 10.2. The average Bonchev–Trinajstić information content (AvgIpc) is 2.50. The molecule has 0 saturated carbocycles. The Balaban J connectivity index is 2.05. The van der Waals surface area contributed by atoms with Crippen LogP contribution in [0.25, 0.3) is 6.08 Å². The first-order chi connectivity index (χ1) is 11.3. The van der Waals surface area contributed by atoms with Gasteiger partial charge in [0.1, 0.15) is 0 Å². The Morgan fingerprint density at radius 3 is 2.29 bits per heavy atom. The van der Waals surface area contributed by atoms with E-state index in [4.69, 9.17) is 34.8 Å². The van der Waals surface area contributed by atoms with Crippen molar-refractivity contribution in [2.45, 2.75) is 6.92 Å². The lowest BCUT2D eigenvalue weighted by Gasteiger charge is -2.08. The van der Waals surface area contributed by atoms with Crippen LogP contribution in [0.3, 0.4) is 0 Å². The highest BCUT2D eigenvalue weighted by Gasteiger charge is 2.05. The van der Waals surface area contributed by atoms with Crippen molar-refractivity contribution in [1.82, 2.24) is 0 Å². The zero-order valence-electron chi connectivity index (χ0n) is 12.6. The van der Waals surface area contributed by atoms with Gasteiger partial charge in [-0.3, -0.25) is 9.59 Å². The van der Waals surface area contributed by atoms with Gasteiger partial charge in [-0.15, -0.1) is 0 Å². The Morgan fingerprint density at radius 2 is 1.67 bits per heavy atom. The summed E-state index contributed by atoms with van der Waals surface area (Å²) in [5.41, 5.74) is 1.73. The van der Waals surface area contributed by atoms with Crippen LogP contribution >= 0.6 is 34.8 Å². The molecule has 2 aromatic rings. The molecule has 0 aromatic heterocycles. The van der Waals surface area contributed by atoms with Gasteiger partial charge in [0.15, 0.2) is 0 Å². The van der Waals surface area contributed by atoms with Crippen LogP contribution < -0.4 is 10.6 Å². The fraction of sp³-hybridized carbons (Fsp3) is 0.0588. The monoisotopic (exact) mass is 382 g/mol. The molecule has 2 aromatic carbocycles. The third kappa shape index (κ3) is 5.27. The topological polar surface area (TPSA) is 58.2 Å². The molecule has 124 valence electrons. The maximum Gasteiger partial charge on any atom is 0.248 e. The van der Waals surface area contributed by atoms with Gasteiger partial charge in [-0.2, -0.15) is 0 Å². The molecule has 0 radical (unpaired) electrons. The van der Waals surface area contributed by atoms with Crippen LogP contribution in [0.4, 0.5) is 11.4 Å². The minimum atomic E-state index is -0.352. The molecule has 0 aliphatic rings. The number of carbonyl (C=O) groups excluding carboxylic acids is 2. The number of carbonyl (C=O) groups is 2. The lowest BCUT2D eigenvalue weighted by Crippen LogP contribution is -2.09. The Hall–Kier alpha value is -2.01. The van der Waals surface area contributed by atoms with Gasteiger partial charge in [-0.25, -0.2) is 0 Å². The molecular formula is C17H13Cl3N2O2. The maximum atomic E-state index is 12.0. The van der Waals surface area contributed by atoms with Gasteiger partial charge in [-0.1, -0.05) is 40.9 Å². The summed E-state index contributed by atoms with van der Waals surface area (Å²) >= 11 is 17.8. The predicted octanol–water partition coefficient (Wildman–Crippen LogP) is 5.26. The van der Waals surface area contributed by atoms with E-state index in [1.807, 2.05) is 0 Å². The fourth-order valence-electron chi connectivity index (χ4n) is 1.86. The molecule has 24 heavy (non-hydrogen) atoms. The van der Waals surface area contributed by atoms with E-state index in [-0.39, 0.29) is 11.8 Å². The molecule has 0 bridgehead atoms. The Labute approximate surface area is 154 Å². The van der Waals surface area contributed by atoms with Gasteiger partial charge in [-0.05, 0) is 42.0 Å². The number of hydrogen-bond donors (Lipinski definition) is 2. The van der Waals surface area contributed by atoms with Crippen molar-refractivity contribution in [2.24, 2.45) is 0 Å². The molecule has 0 atom stereocenters. The highest BCUT2D eigenvalue weighted by atomic mass is 35.5. The first-order valence-electron chi connectivity index (χ1n) is 6.86. The summed E-state index contributed by atoms with van der Waals surface area (Å²) in [7, 11) is 0. The van der Waals surface area contributed by atoms with E-state index in [2.05, 4.69) is 10.6 Å². The quantitative estimate of drug-likeness (QED) is 0.708. The second-order valence-electron chi connectivity index (χ2n) is 4.87. The van der Waals surface area contributed by atoms with Gasteiger partial charge in [0.2, 0.25) is 11.8 Å². The highest BCUT2D eigenvalue weighted by Crippen LogP contribution is 2.26. The smallest absolute Gasteiger partial charge is 0.248 e. The second kappa shape index (κ2) is 8.20. The molecule has 7 heteroatoms. The van der Waals surface area contributed by atoms with Gasteiger partial charge < -0.3 is 10.6 Å². The van der Waals surface area contributed by atoms with Crippen LogP contribution in [0, 0.1) is 0 Å². The zero-order valence-corrected chi connectivity index (χ0v) is 14.8. The number of nitrogens with one attached hydrogen (secondary N) is 2. The average molecular weight is 384 g/mol. The molecule has 0 fully saturated rings. The van der Waals surface area contributed by atoms with Gasteiger partial charge in [0.05, 0.1) is 20.8 Å². The summed E-state index contributed by atoms with van der Waals surface area (Å²) in [5, 5.41) is 6.45. The van der Waals surface area contributed by atoms with E-state index in [0.29, 0.717) is 26.4 Å². The maximum absolute atomic E-state index is 12.0. The van der Waals surface area contributed by atoms with Crippen molar-refractivity contribution in [2.75, 3.05) is 10.6 Å². The second-order valence-corrected chi connectivity index (χ2v) is 6.09. The van der Waals surface area contributed by atoms with Crippen LogP contribution in [-0.2, 0) is 9.59 Å². The Morgan fingerprint density at radius 1 is 0.917 bits per heavy atom. The number of benzene rings is 2. The molecule has 0 unspecified atom stereocenters. The largest absolute Gasteiger partial charge is 0.326 e. The summed E-state index contributed by atoms with van der Waals surface area (Å²) in [6, 6.07) is 9.86. The first-order valence-corrected chi connectivity index (χ1v) is 8.00. The van der Waals surface area contributed by atoms with Crippen molar-refractivity contribution in [3.63, 3.8) is 0 Å². The molecule has 4 nitrogen and oxygen atoms in total. The summed E-state index contributed by atoms with van der Waals surface area (Å²) in [6.45, 7) is 1.40. The Bertz CT molecular complexity index is 819. The molecule has 2 N–H and O–H groups in total. The molecule has 0 spiro atoms. The van der Waals surface area contributed by atoms with E-state index in [0.717, 1.165) is 5.56 Å². The van der Waals surface area contributed by atoms with Crippen LogP contribution in [0.15, 0.2) is 42.5 Å². The minimum Gasteiger partial charge on any atom is -0.326 e. The number of hydrogen-bond acceptors (Lipinski definition) is 2. The summed E-state index contributed by atoms with van der Waals surface area (Å²) in [5.74, 6) is -0.553. The Kier molecular flexibility index (Phi) is 6.26. The molecule has 0 aliphatic heterocycles. The molecule has 2 rings (SSSR count). The van der Waals surface area contributed by atoms with Crippen molar-refractivity contribution >= 4 is 64.1 Å². The predicted molar refractivity (Wildman–Crippen MR) is 99.9 cm³/mol. The van der Waals surface area contributed by atoms with Crippen molar-refractivity contribution in [3.05, 3.63) is 63.1 Å². The van der Waals surface area contributed by atoms with Crippen molar-refractivity contribution < 1.29 is 9.59 Å². The van der Waals surface area contributed by atoms with Gasteiger partial charge >= 0.3 is 0 Å². The number of anilines is 2. The molecule has 0 heterocycles. The van der Waals surface area contributed by atoms with Crippen LogP contribution in [0.5, 0.6) is 0 Å². The molecule has 2 amide bonds. The van der Waals surface area contributed by atoms with E-state index in [1.54, 1.807) is 42.5 Å². The standard InChI is InChI=1S/C17H13Cl3N2O2/c1-10(23)21-12-4-6-16(15(20)9-12)22-17(24)7-3-11-2-5-13(18)14(19)8-11/h2-9H,1H3,(H,21,23)(H,22,24)/b7-3+. The molecule has 0 aliphatic carbocycles. The summed E-state index contributed by atoms with van der Waals surface area (Å²) < 4.78 is 0. The highest BCUT2D eigenvalue weighted by molar-refractivity contribution is 6.42. The minimum absolute atomic E-state index is 0.201. The lowest BCUT2D eigenvalue weighted by molar-refractivity contribution is -0.114. The van der Waals surface area contributed by atoms with Crippen molar-refractivity contribution in [3.8, 4) is 0 Å². The van der Waals surface area contributed by atoms with Crippen LogP contribution in [-0.4, -0.2) is 11.8 Å². The fourth-order valence-corrected chi connectivity index (χ4v) is 2.39. The third-order valence-corrected chi connectivity index (χ3v) is 3.97. The normalized spacial score (nSPS) is 10.7. The van der Waals surface area contributed by atoms with Gasteiger partial charge in [0, 0.05) is 18.7 Å². The third-order valence-electron chi connectivity index (χ3n) is 2.92. The van der Waals surface area contributed by atoms with E-state index >= 15 is 0 Å². The zero-order chi connectivity index (χ0) is 17.7. The number of rotatable bonds is 4. The van der Waals surface area contributed by atoms with Crippen LogP contribution in [0.1, 0.15) is 12.5 Å². The van der Waals surface area contributed by atoms with Crippen LogP contribution in [0.2, 0.25) is 15.1 Å². The summed E-state index contributed by atoms with van der Waals surface area (Å²) in [6.07, 6.45) is 2.97. The first kappa shape index (κ1) is 18.3. The van der Waals surface area contributed by atoms with E-state index < -0.39 is 0 Å². The molecular weight excluding hydrogens is 371 g/mol. The van der Waals surface area contributed by atoms with E-state index in [9.17, 15) is 9.59 Å². The summed E-state index contributed by atoms with van der Waals surface area (Å²) in [4.78, 5) is 23.0.